The Morgan fingerprint density at radius 3 is 2.52 bits per heavy atom. The quantitative estimate of drug-likeness (QED) is 0.408. The highest BCUT2D eigenvalue weighted by molar-refractivity contribution is 6.30. The molecule has 0 aliphatic heterocycles. The predicted octanol–water partition coefficient (Wildman–Crippen LogP) is 4.80. The Hall–Kier alpha value is -3.58. The molecule has 7 nitrogen and oxygen atoms in total. The summed E-state index contributed by atoms with van der Waals surface area (Å²) in [5, 5.41) is 7.50. The lowest BCUT2D eigenvalue weighted by Crippen LogP contribution is -2.30. The van der Waals surface area contributed by atoms with E-state index in [1.54, 1.807) is 68.4 Å². The Labute approximate surface area is 185 Å². The number of hydrogen-bond donors (Lipinski definition) is 2. The predicted molar refractivity (Wildman–Crippen MR) is 120 cm³/mol. The van der Waals surface area contributed by atoms with E-state index in [9.17, 15) is 9.59 Å². The van der Waals surface area contributed by atoms with Gasteiger partial charge in [0.1, 0.15) is 5.75 Å². The molecule has 0 aliphatic rings. The summed E-state index contributed by atoms with van der Waals surface area (Å²) in [5.74, 6) is 0.0712. The zero-order valence-electron chi connectivity index (χ0n) is 17.3. The molecule has 0 aliphatic carbocycles. The van der Waals surface area contributed by atoms with Gasteiger partial charge < -0.3 is 14.5 Å². The van der Waals surface area contributed by atoms with Crippen LogP contribution in [0.4, 0.5) is 5.69 Å². The van der Waals surface area contributed by atoms with Crippen molar-refractivity contribution in [1.82, 2.24) is 5.43 Å². The van der Waals surface area contributed by atoms with Gasteiger partial charge in [0.15, 0.2) is 11.9 Å². The van der Waals surface area contributed by atoms with Crippen molar-refractivity contribution in [2.24, 2.45) is 5.10 Å². The fraction of sp³-hybridized carbons (Fsp3) is 0.174. The maximum absolute atomic E-state index is 12.5. The van der Waals surface area contributed by atoms with Gasteiger partial charge in [0.05, 0.1) is 12.0 Å². The number of carbonyl (C=O) groups is 2. The van der Waals surface area contributed by atoms with Gasteiger partial charge in [-0.2, -0.15) is 5.10 Å². The molecular weight excluding hydrogens is 418 g/mol. The van der Waals surface area contributed by atoms with Gasteiger partial charge in [-0.3, -0.25) is 9.59 Å². The van der Waals surface area contributed by atoms with E-state index in [2.05, 4.69) is 15.8 Å². The second-order valence-corrected chi connectivity index (χ2v) is 7.29. The first-order valence-electron chi connectivity index (χ1n) is 9.55. The fourth-order valence-corrected chi connectivity index (χ4v) is 2.92. The monoisotopic (exact) mass is 439 g/mol. The molecule has 0 saturated carbocycles. The summed E-state index contributed by atoms with van der Waals surface area (Å²) >= 11 is 5.95. The van der Waals surface area contributed by atoms with Crippen LogP contribution >= 0.6 is 11.6 Å². The molecule has 0 fully saturated rings. The molecule has 1 atom stereocenters. The first-order chi connectivity index (χ1) is 14.8. The highest BCUT2D eigenvalue weighted by atomic mass is 35.5. The Morgan fingerprint density at radius 2 is 1.87 bits per heavy atom. The molecule has 31 heavy (non-hydrogen) atoms. The molecule has 3 aromatic rings. The number of ether oxygens (including phenoxy) is 1. The van der Waals surface area contributed by atoms with Crippen LogP contribution in [0, 0.1) is 6.92 Å². The van der Waals surface area contributed by atoms with E-state index in [4.69, 9.17) is 20.8 Å². The smallest absolute Gasteiger partial charge is 0.307 e. The summed E-state index contributed by atoms with van der Waals surface area (Å²) in [4.78, 5) is 24.3. The van der Waals surface area contributed by atoms with Gasteiger partial charge in [0, 0.05) is 10.7 Å². The number of aryl methyl sites for hydroxylation is 1. The Kier molecular flexibility index (Phi) is 7.10. The average molecular weight is 440 g/mol. The van der Waals surface area contributed by atoms with E-state index in [0.717, 1.165) is 11.1 Å². The van der Waals surface area contributed by atoms with Gasteiger partial charge in [-0.15, -0.1) is 0 Å². The van der Waals surface area contributed by atoms with Crippen LogP contribution in [0.2, 0.25) is 5.02 Å². The zero-order valence-corrected chi connectivity index (χ0v) is 18.1. The molecule has 2 aromatic carbocycles. The van der Waals surface area contributed by atoms with Crippen molar-refractivity contribution in [2.75, 3.05) is 5.32 Å². The van der Waals surface area contributed by atoms with Crippen LogP contribution in [0.5, 0.6) is 5.75 Å². The lowest BCUT2D eigenvalue weighted by molar-refractivity contribution is -0.122. The van der Waals surface area contributed by atoms with Gasteiger partial charge in [0.25, 0.3) is 5.91 Å². The molecule has 1 heterocycles. The van der Waals surface area contributed by atoms with E-state index < -0.39 is 12.0 Å². The fourth-order valence-electron chi connectivity index (χ4n) is 2.69. The summed E-state index contributed by atoms with van der Waals surface area (Å²) < 4.78 is 10.8. The normalized spacial score (nSPS) is 12.2. The number of hydrazone groups is 1. The number of carbonyl (C=O) groups excluding carboxylic acids is 2. The minimum absolute atomic E-state index is 0.180. The molecule has 2 amide bonds. The van der Waals surface area contributed by atoms with Crippen LogP contribution in [0.15, 0.2) is 70.4 Å². The Morgan fingerprint density at radius 1 is 1.13 bits per heavy atom. The SMILES string of the molecule is C/C(=N\NC(=O)c1ccco1)c1ccc(NC(=O)[C@H](C)Oc2ccc(Cl)cc2C)cc1. The Balaban J connectivity index is 1.57. The van der Waals surface area contributed by atoms with Crippen molar-refractivity contribution in [1.29, 1.82) is 0 Å². The largest absolute Gasteiger partial charge is 0.481 e. The number of nitrogens with zero attached hydrogens (tertiary/aromatic N) is 1. The van der Waals surface area contributed by atoms with Crippen molar-refractivity contribution in [3.05, 3.63) is 82.8 Å². The van der Waals surface area contributed by atoms with Crippen LogP contribution in [0.25, 0.3) is 0 Å². The summed E-state index contributed by atoms with van der Waals surface area (Å²) in [6.45, 7) is 5.31. The van der Waals surface area contributed by atoms with Gasteiger partial charge >= 0.3 is 5.91 Å². The van der Waals surface area contributed by atoms with Crippen molar-refractivity contribution in [3.8, 4) is 5.75 Å². The number of furan rings is 1. The highest BCUT2D eigenvalue weighted by Crippen LogP contribution is 2.23. The molecule has 3 rings (SSSR count). The first kappa shape index (κ1) is 22.1. The molecular formula is C23H22ClN3O4. The van der Waals surface area contributed by atoms with Crippen LogP contribution in [-0.2, 0) is 4.79 Å². The lowest BCUT2D eigenvalue weighted by atomic mass is 10.1. The highest BCUT2D eigenvalue weighted by Gasteiger charge is 2.16. The maximum atomic E-state index is 12.5. The van der Waals surface area contributed by atoms with E-state index >= 15 is 0 Å². The third-order valence-electron chi connectivity index (χ3n) is 4.45. The summed E-state index contributed by atoms with van der Waals surface area (Å²) in [5.41, 5.74) is 5.30. The third kappa shape index (κ3) is 5.96. The molecule has 0 spiro atoms. The minimum atomic E-state index is -0.695. The molecule has 2 N–H and O–H groups in total. The van der Waals surface area contributed by atoms with E-state index in [-0.39, 0.29) is 11.7 Å². The molecule has 0 bridgehead atoms. The molecule has 0 unspecified atom stereocenters. The van der Waals surface area contributed by atoms with Gasteiger partial charge in [-0.05, 0) is 74.4 Å². The van der Waals surface area contributed by atoms with Crippen LogP contribution < -0.4 is 15.5 Å². The number of halogens is 1. The number of anilines is 1. The minimum Gasteiger partial charge on any atom is -0.481 e. The molecule has 0 radical (unpaired) electrons. The number of benzene rings is 2. The summed E-state index contributed by atoms with van der Waals surface area (Å²) in [6, 6.07) is 15.5. The van der Waals surface area contributed by atoms with Crippen molar-refractivity contribution in [3.63, 3.8) is 0 Å². The molecule has 0 saturated heterocycles. The third-order valence-corrected chi connectivity index (χ3v) is 4.69. The van der Waals surface area contributed by atoms with E-state index in [1.807, 2.05) is 6.92 Å². The number of amides is 2. The lowest BCUT2D eigenvalue weighted by Gasteiger charge is -2.16. The number of hydrogen-bond acceptors (Lipinski definition) is 5. The average Bonchev–Trinajstić information content (AvgIpc) is 3.29. The molecule has 1 aromatic heterocycles. The van der Waals surface area contributed by atoms with Crippen LogP contribution in [0.1, 0.15) is 35.5 Å². The van der Waals surface area contributed by atoms with Gasteiger partial charge in [-0.1, -0.05) is 23.7 Å². The summed E-state index contributed by atoms with van der Waals surface area (Å²) in [6.07, 6.45) is 0.723. The Bertz CT molecular complexity index is 1090. The standard InChI is InChI=1S/C23H22ClN3O4/c1-14-13-18(24)8-11-20(14)31-16(3)22(28)25-19-9-6-17(7-10-19)15(2)26-27-23(29)21-5-4-12-30-21/h4-13,16H,1-3H3,(H,25,28)(H,27,29)/b26-15+/t16-/m0/s1. The first-order valence-corrected chi connectivity index (χ1v) is 9.93. The van der Waals surface area contributed by atoms with Crippen molar-refractivity contribution in [2.45, 2.75) is 26.9 Å². The second-order valence-electron chi connectivity index (χ2n) is 6.85. The zero-order chi connectivity index (χ0) is 22.4. The van der Waals surface area contributed by atoms with Crippen LogP contribution in [0.3, 0.4) is 0 Å². The number of nitrogens with one attached hydrogen (secondary N) is 2. The van der Waals surface area contributed by atoms with Crippen molar-refractivity contribution < 1.29 is 18.7 Å². The van der Waals surface area contributed by atoms with Gasteiger partial charge in [0.2, 0.25) is 0 Å². The van der Waals surface area contributed by atoms with E-state index in [1.165, 1.54) is 6.26 Å². The van der Waals surface area contributed by atoms with E-state index in [0.29, 0.717) is 22.2 Å². The molecule has 8 heteroatoms. The topological polar surface area (TPSA) is 92.9 Å². The number of rotatable bonds is 7. The van der Waals surface area contributed by atoms with Crippen molar-refractivity contribution >= 4 is 34.8 Å². The maximum Gasteiger partial charge on any atom is 0.307 e. The summed E-state index contributed by atoms with van der Waals surface area (Å²) in [7, 11) is 0. The second kappa shape index (κ2) is 9.95. The van der Waals surface area contributed by atoms with Crippen LogP contribution in [-0.4, -0.2) is 23.6 Å². The van der Waals surface area contributed by atoms with Gasteiger partial charge in [-0.25, -0.2) is 5.43 Å². The molecule has 160 valence electrons.